The van der Waals surface area contributed by atoms with Crippen molar-refractivity contribution in [2.45, 2.75) is 192 Å². The van der Waals surface area contributed by atoms with Gasteiger partial charge in [-0.15, -0.1) is 0 Å². The molecule has 0 aromatic heterocycles. The lowest BCUT2D eigenvalue weighted by molar-refractivity contribution is -0.249. The average Bonchev–Trinajstić information content (AvgIpc) is 3.59. The van der Waals surface area contributed by atoms with Gasteiger partial charge < -0.3 is 14.7 Å². The summed E-state index contributed by atoms with van der Waals surface area (Å²) in [4.78, 5) is 55.7. The molecular formula is C50H77NO6. The standard InChI is InChI=1S/C50H77NO6/c1-14-32(4)18-16-15-17-19-33-34(52)28-38(51(33)13)50-27-26-49(12)47(10)24-20-36-45(7,8)39(57-40(54)30-44(5,6)43(55)56)22-23-46(36,9)37(47)21-25-48(49,11)42(50)41(31(2)3)35(53)29-50/h14,28,31,33,36-37,39H,15-27,29-30H2,1-13H3,(H,55,56). The minimum absolute atomic E-state index is 0.0306. The zero-order valence-corrected chi connectivity index (χ0v) is 38.1. The quantitative estimate of drug-likeness (QED) is 0.119. The van der Waals surface area contributed by atoms with Crippen LogP contribution in [-0.2, 0) is 23.9 Å². The zero-order chi connectivity index (χ0) is 42.3. The first-order chi connectivity index (χ1) is 26.4. The Labute approximate surface area is 345 Å². The number of carboxylic acid groups (broad SMARTS) is 1. The van der Waals surface area contributed by atoms with Gasteiger partial charge in [0, 0.05) is 36.1 Å². The average molecular weight is 788 g/mol. The highest BCUT2D eigenvalue weighted by Gasteiger charge is 2.74. The van der Waals surface area contributed by atoms with Gasteiger partial charge in [-0.2, -0.15) is 0 Å². The second-order valence-corrected chi connectivity index (χ2v) is 22.4. The van der Waals surface area contributed by atoms with Crippen LogP contribution in [0.5, 0.6) is 0 Å². The number of ketones is 2. The third-order valence-electron chi connectivity index (χ3n) is 18.5. The number of hydrogen-bond acceptors (Lipinski definition) is 6. The maximum Gasteiger partial charge on any atom is 0.309 e. The number of ether oxygens (including phenoxy) is 1. The summed E-state index contributed by atoms with van der Waals surface area (Å²) in [5.41, 5.74) is 2.94. The molecule has 6 aliphatic rings. The number of carbonyl (C=O) groups is 4. The molecule has 0 saturated heterocycles. The molecule has 1 N–H and O–H groups in total. The normalized spacial score (nSPS) is 39.1. The van der Waals surface area contributed by atoms with Gasteiger partial charge in [-0.3, -0.25) is 19.2 Å². The van der Waals surface area contributed by atoms with E-state index < -0.39 is 22.8 Å². The molecule has 1 aliphatic heterocycles. The fourth-order valence-corrected chi connectivity index (χ4v) is 14.9. The highest BCUT2D eigenvalue weighted by Crippen LogP contribution is 2.81. The molecule has 4 fully saturated rings. The Hall–Kier alpha value is -2.70. The van der Waals surface area contributed by atoms with Crippen LogP contribution >= 0.6 is 0 Å². The molecule has 0 aromatic rings. The highest BCUT2D eigenvalue weighted by atomic mass is 16.5. The van der Waals surface area contributed by atoms with Crippen molar-refractivity contribution in [1.29, 1.82) is 0 Å². The largest absolute Gasteiger partial charge is 0.481 e. The van der Waals surface area contributed by atoms with E-state index >= 15 is 0 Å². The van der Waals surface area contributed by atoms with Gasteiger partial charge in [-0.25, -0.2) is 0 Å². The summed E-state index contributed by atoms with van der Waals surface area (Å²) in [7, 11) is 2.13. The Morgan fingerprint density at radius 3 is 2.25 bits per heavy atom. The predicted molar refractivity (Wildman–Crippen MR) is 227 cm³/mol. The molecule has 9 atom stereocenters. The number of rotatable bonds is 12. The van der Waals surface area contributed by atoms with Crippen molar-refractivity contribution in [2.24, 2.45) is 55.7 Å². The van der Waals surface area contributed by atoms with Crippen LogP contribution in [0.2, 0.25) is 0 Å². The van der Waals surface area contributed by atoms with Gasteiger partial charge in [-0.05, 0) is 149 Å². The highest BCUT2D eigenvalue weighted by molar-refractivity contribution is 6.03. The predicted octanol–water partition coefficient (Wildman–Crippen LogP) is 11.5. The number of esters is 1. The van der Waals surface area contributed by atoms with Crippen molar-refractivity contribution in [2.75, 3.05) is 7.05 Å². The topological polar surface area (TPSA) is 101 Å². The zero-order valence-electron chi connectivity index (χ0n) is 38.1. The lowest BCUT2D eigenvalue weighted by atomic mass is 9.30. The third-order valence-corrected chi connectivity index (χ3v) is 18.5. The van der Waals surface area contributed by atoms with Gasteiger partial charge in [0.15, 0.2) is 11.6 Å². The number of unbranched alkanes of at least 4 members (excludes halogenated alkanes) is 2. The Bertz CT molecular complexity index is 1760. The monoisotopic (exact) mass is 788 g/mol. The molecule has 4 saturated carbocycles. The van der Waals surface area contributed by atoms with E-state index in [-0.39, 0.29) is 57.3 Å². The molecule has 0 radical (unpaired) electrons. The summed E-state index contributed by atoms with van der Waals surface area (Å²) >= 11 is 0. The maximum absolute atomic E-state index is 14.5. The van der Waals surface area contributed by atoms with Crippen LogP contribution in [0.25, 0.3) is 0 Å². The maximum atomic E-state index is 14.5. The molecule has 7 heteroatoms. The first-order valence-electron chi connectivity index (χ1n) is 22.7. The van der Waals surface area contributed by atoms with E-state index in [0.717, 1.165) is 94.7 Å². The van der Waals surface area contributed by atoms with Gasteiger partial charge in [0.2, 0.25) is 0 Å². The smallest absolute Gasteiger partial charge is 0.309 e. The van der Waals surface area contributed by atoms with E-state index in [2.05, 4.69) is 87.3 Å². The van der Waals surface area contributed by atoms with Crippen LogP contribution in [0.3, 0.4) is 0 Å². The molecule has 57 heavy (non-hydrogen) atoms. The third kappa shape index (κ3) is 6.55. The van der Waals surface area contributed by atoms with Crippen LogP contribution in [-0.4, -0.2) is 52.7 Å². The van der Waals surface area contributed by atoms with Gasteiger partial charge in [0.05, 0.1) is 17.9 Å². The van der Waals surface area contributed by atoms with Gasteiger partial charge in [0.1, 0.15) is 6.10 Å². The summed E-state index contributed by atoms with van der Waals surface area (Å²) in [6.07, 6.45) is 17.5. The van der Waals surface area contributed by atoms with E-state index in [0.29, 0.717) is 24.0 Å². The molecule has 6 rings (SSSR count). The molecule has 0 amide bonds. The Balaban J connectivity index is 1.29. The number of hydrogen-bond donors (Lipinski definition) is 1. The molecule has 9 unspecified atom stereocenters. The number of Topliss-reactive ketones (excluding diaryl/α,β-unsaturated/α-hetero) is 1. The van der Waals surface area contributed by atoms with Crippen molar-refractivity contribution in [1.82, 2.24) is 4.90 Å². The first kappa shape index (κ1) is 43.9. The van der Waals surface area contributed by atoms with Crippen LogP contribution in [0.15, 0.2) is 34.6 Å². The lowest BCUT2D eigenvalue weighted by Gasteiger charge is -2.75. The Kier molecular flexibility index (Phi) is 11.4. The molecular weight excluding hydrogens is 711 g/mol. The minimum atomic E-state index is -1.17. The number of aliphatic carboxylic acids is 1. The van der Waals surface area contributed by atoms with Crippen LogP contribution < -0.4 is 0 Å². The number of fused-ring (bicyclic) bond motifs is 7. The molecule has 5 aliphatic carbocycles. The second kappa shape index (κ2) is 14.8. The molecule has 0 spiro atoms. The van der Waals surface area contributed by atoms with E-state index in [1.807, 2.05) is 6.08 Å². The second-order valence-electron chi connectivity index (χ2n) is 22.4. The van der Waals surface area contributed by atoms with Crippen molar-refractivity contribution >= 4 is 23.5 Å². The van der Waals surface area contributed by atoms with E-state index in [4.69, 9.17) is 4.74 Å². The van der Waals surface area contributed by atoms with Gasteiger partial charge in [-0.1, -0.05) is 79.9 Å². The van der Waals surface area contributed by atoms with Crippen molar-refractivity contribution in [3.05, 3.63) is 34.6 Å². The SMILES string of the molecule is CC=C(C)CCCCCC1C(=O)C=C(C23CCC4(C)C(C)(CCC5C6(C)CCC(OC(=O)CC(C)(C)C(=O)O)C(C)(C)C6CCC54C)C2=C(C(C)C)C(=O)C3)N1C. The summed E-state index contributed by atoms with van der Waals surface area (Å²) in [6, 6.07) is -0.150. The number of likely N-dealkylation sites (N-methyl/N-ethyl adjacent to an activating group) is 1. The van der Waals surface area contributed by atoms with Crippen LogP contribution in [0.1, 0.15) is 179 Å². The number of carbonyl (C=O) groups excluding carboxylic acids is 3. The van der Waals surface area contributed by atoms with E-state index in [9.17, 15) is 24.3 Å². The summed E-state index contributed by atoms with van der Waals surface area (Å²) in [5.74, 6) is 0.0647. The molecule has 0 bridgehead atoms. The van der Waals surface area contributed by atoms with Crippen molar-refractivity contribution in [3.63, 3.8) is 0 Å². The molecule has 7 nitrogen and oxygen atoms in total. The van der Waals surface area contributed by atoms with Crippen molar-refractivity contribution < 1.29 is 29.0 Å². The fourth-order valence-electron chi connectivity index (χ4n) is 14.9. The first-order valence-corrected chi connectivity index (χ1v) is 22.7. The Morgan fingerprint density at radius 1 is 0.947 bits per heavy atom. The van der Waals surface area contributed by atoms with Crippen molar-refractivity contribution in [3.8, 4) is 0 Å². The molecule has 0 aromatic carbocycles. The van der Waals surface area contributed by atoms with E-state index in [1.165, 1.54) is 11.1 Å². The summed E-state index contributed by atoms with van der Waals surface area (Å²) in [5, 5.41) is 9.66. The molecule has 318 valence electrons. The molecule has 1 heterocycles. The lowest BCUT2D eigenvalue weighted by Crippen LogP contribution is -2.68. The Morgan fingerprint density at radius 2 is 1.61 bits per heavy atom. The van der Waals surface area contributed by atoms with Crippen LogP contribution in [0.4, 0.5) is 0 Å². The van der Waals surface area contributed by atoms with Gasteiger partial charge >= 0.3 is 11.9 Å². The number of carboxylic acids is 1. The van der Waals surface area contributed by atoms with E-state index in [1.54, 1.807) is 13.8 Å². The number of allylic oxidation sites excluding steroid dienone is 4. The van der Waals surface area contributed by atoms with Gasteiger partial charge in [0.25, 0.3) is 0 Å². The summed E-state index contributed by atoms with van der Waals surface area (Å²) in [6.45, 7) is 26.7. The number of nitrogens with zero attached hydrogens (tertiary/aromatic N) is 1. The fraction of sp³-hybridized carbons (Fsp3) is 0.800. The summed E-state index contributed by atoms with van der Waals surface area (Å²) < 4.78 is 6.21. The minimum Gasteiger partial charge on any atom is -0.481 e. The van der Waals surface area contributed by atoms with Crippen LogP contribution in [0, 0.1) is 55.7 Å².